The molecule has 5 nitrogen and oxygen atoms in total. The van der Waals surface area contributed by atoms with Crippen molar-refractivity contribution < 1.29 is 19.4 Å². The number of carboxylic acid groups (broad SMARTS) is 1. The molecule has 1 saturated carbocycles. The number of rotatable bonds is 2. The van der Waals surface area contributed by atoms with Crippen LogP contribution in [0.3, 0.4) is 0 Å². The smallest absolute Gasteiger partial charge is 0.307 e. The van der Waals surface area contributed by atoms with Crippen LogP contribution in [0.15, 0.2) is 0 Å². The van der Waals surface area contributed by atoms with Crippen LogP contribution in [0.2, 0.25) is 0 Å². The summed E-state index contributed by atoms with van der Waals surface area (Å²) in [5, 5.41) is 8.86. The Bertz CT molecular complexity index is 273. The Labute approximate surface area is 88.0 Å². The first-order valence-corrected chi connectivity index (χ1v) is 5.29. The van der Waals surface area contributed by atoms with Gasteiger partial charge in [0.1, 0.15) is 0 Å². The molecule has 5 heteroatoms. The standard InChI is InChI=1S/C10H15NO4/c12-9(11-3-5-15-6-4-11)7-1-2-8(7)10(13)14/h7-8H,1-6H2,(H,13,14). The third-order valence-electron chi connectivity index (χ3n) is 3.23. The van der Waals surface area contributed by atoms with Gasteiger partial charge in [0, 0.05) is 13.1 Å². The third kappa shape index (κ3) is 1.97. The second kappa shape index (κ2) is 4.18. The Kier molecular flexibility index (Phi) is 2.90. The van der Waals surface area contributed by atoms with Crippen LogP contribution in [0, 0.1) is 11.8 Å². The predicted octanol–water partition coefficient (Wildman–Crippen LogP) is -0.0440. The Morgan fingerprint density at radius 1 is 1.13 bits per heavy atom. The number of aliphatic carboxylic acids is 1. The molecule has 2 aliphatic rings. The molecule has 15 heavy (non-hydrogen) atoms. The highest BCUT2D eigenvalue weighted by molar-refractivity contribution is 5.86. The fourth-order valence-electron chi connectivity index (χ4n) is 2.11. The monoisotopic (exact) mass is 213 g/mol. The van der Waals surface area contributed by atoms with Gasteiger partial charge in [-0.25, -0.2) is 0 Å². The van der Waals surface area contributed by atoms with E-state index >= 15 is 0 Å². The summed E-state index contributed by atoms with van der Waals surface area (Å²) < 4.78 is 5.15. The number of morpholine rings is 1. The van der Waals surface area contributed by atoms with Gasteiger partial charge >= 0.3 is 5.97 Å². The summed E-state index contributed by atoms with van der Waals surface area (Å²) >= 11 is 0. The summed E-state index contributed by atoms with van der Waals surface area (Å²) in [6.45, 7) is 2.33. The molecule has 0 aromatic rings. The van der Waals surface area contributed by atoms with E-state index in [9.17, 15) is 9.59 Å². The van der Waals surface area contributed by atoms with E-state index in [4.69, 9.17) is 9.84 Å². The summed E-state index contributed by atoms with van der Waals surface area (Å²) in [5.74, 6) is -1.59. The first-order chi connectivity index (χ1) is 7.20. The molecule has 2 fully saturated rings. The van der Waals surface area contributed by atoms with Gasteiger partial charge in [-0.1, -0.05) is 0 Å². The zero-order chi connectivity index (χ0) is 10.8. The lowest BCUT2D eigenvalue weighted by atomic mass is 9.73. The molecule has 84 valence electrons. The van der Waals surface area contributed by atoms with Crippen LogP contribution in [-0.2, 0) is 14.3 Å². The number of carbonyl (C=O) groups is 2. The Balaban J connectivity index is 1.92. The van der Waals surface area contributed by atoms with Gasteiger partial charge in [-0.3, -0.25) is 9.59 Å². The van der Waals surface area contributed by atoms with Crippen molar-refractivity contribution in [2.75, 3.05) is 26.3 Å². The fraction of sp³-hybridized carbons (Fsp3) is 0.800. The molecule has 0 aromatic carbocycles. The molecule has 1 saturated heterocycles. The lowest BCUT2D eigenvalue weighted by molar-refractivity contribution is -0.158. The maximum absolute atomic E-state index is 11.9. The molecular weight excluding hydrogens is 198 g/mol. The van der Waals surface area contributed by atoms with Crippen molar-refractivity contribution >= 4 is 11.9 Å². The van der Waals surface area contributed by atoms with E-state index in [-0.39, 0.29) is 11.8 Å². The highest BCUT2D eigenvalue weighted by Gasteiger charge is 2.43. The number of hydrogen-bond acceptors (Lipinski definition) is 3. The first kappa shape index (κ1) is 10.4. The van der Waals surface area contributed by atoms with E-state index in [1.165, 1.54) is 0 Å². The van der Waals surface area contributed by atoms with E-state index in [0.717, 1.165) is 0 Å². The van der Waals surface area contributed by atoms with Gasteiger partial charge in [0.2, 0.25) is 5.91 Å². The first-order valence-electron chi connectivity index (χ1n) is 5.29. The van der Waals surface area contributed by atoms with Crippen molar-refractivity contribution in [2.24, 2.45) is 11.8 Å². The van der Waals surface area contributed by atoms with Crippen molar-refractivity contribution in [3.8, 4) is 0 Å². The van der Waals surface area contributed by atoms with Crippen molar-refractivity contribution in [3.05, 3.63) is 0 Å². The normalized spacial score (nSPS) is 30.8. The van der Waals surface area contributed by atoms with Crippen LogP contribution in [-0.4, -0.2) is 48.2 Å². The number of carbonyl (C=O) groups excluding carboxylic acids is 1. The van der Waals surface area contributed by atoms with Gasteiger partial charge in [0.25, 0.3) is 0 Å². The van der Waals surface area contributed by atoms with Crippen LogP contribution in [0.1, 0.15) is 12.8 Å². The minimum atomic E-state index is -0.840. The van der Waals surface area contributed by atoms with Crippen LogP contribution in [0.5, 0.6) is 0 Å². The lowest BCUT2D eigenvalue weighted by Crippen LogP contribution is -2.49. The average Bonchev–Trinajstić information content (AvgIpc) is 2.16. The molecule has 1 aliphatic carbocycles. The van der Waals surface area contributed by atoms with Crippen LogP contribution < -0.4 is 0 Å². The zero-order valence-corrected chi connectivity index (χ0v) is 8.52. The molecule has 2 rings (SSSR count). The van der Waals surface area contributed by atoms with E-state index in [1.54, 1.807) is 4.90 Å². The minimum absolute atomic E-state index is 0.00282. The molecule has 2 unspecified atom stereocenters. The second-order valence-electron chi connectivity index (χ2n) is 4.07. The average molecular weight is 213 g/mol. The van der Waals surface area contributed by atoms with Gasteiger partial charge in [-0.05, 0) is 12.8 Å². The summed E-state index contributed by atoms with van der Waals surface area (Å²) in [6, 6.07) is 0. The molecule has 1 amide bonds. The molecule has 1 heterocycles. The second-order valence-corrected chi connectivity index (χ2v) is 4.07. The molecule has 0 bridgehead atoms. The third-order valence-corrected chi connectivity index (χ3v) is 3.23. The molecule has 1 aliphatic heterocycles. The molecule has 0 spiro atoms. The minimum Gasteiger partial charge on any atom is -0.481 e. The molecule has 0 radical (unpaired) electrons. The summed E-state index contributed by atoms with van der Waals surface area (Å²) in [4.78, 5) is 24.4. The Morgan fingerprint density at radius 3 is 2.20 bits per heavy atom. The maximum Gasteiger partial charge on any atom is 0.307 e. The Morgan fingerprint density at radius 2 is 1.73 bits per heavy atom. The van der Waals surface area contributed by atoms with Crippen LogP contribution in [0.25, 0.3) is 0 Å². The van der Waals surface area contributed by atoms with Gasteiger partial charge in [-0.15, -0.1) is 0 Å². The highest BCUT2D eigenvalue weighted by Crippen LogP contribution is 2.35. The van der Waals surface area contributed by atoms with E-state index < -0.39 is 11.9 Å². The van der Waals surface area contributed by atoms with Crippen molar-refractivity contribution in [1.82, 2.24) is 4.90 Å². The predicted molar refractivity (Wildman–Crippen MR) is 51.2 cm³/mol. The van der Waals surface area contributed by atoms with Crippen molar-refractivity contribution in [1.29, 1.82) is 0 Å². The molecular formula is C10H15NO4. The number of amides is 1. The van der Waals surface area contributed by atoms with Crippen LogP contribution >= 0.6 is 0 Å². The number of carboxylic acids is 1. The number of nitrogens with zero attached hydrogens (tertiary/aromatic N) is 1. The Hall–Kier alpha value is -1.10. The summed E-state index contributed by atoms with van der Waals surface area (Å²) in [7, 11) is 0. The quantitative estimate of drug-likeness (QED) is 0.698. The summed E-state index contributed by atoms with van der Waals surface area (Å²) in [5.41, 5.74) is 0. The van der Waals surface area contributed by atoms with E-state index in [1.807, 2.05) is 0 Å². The van der Waals surface area contributed by atoms with Gasteiger partial charge in [0.15, 0.2) is 0 Å². The van der Waals surface area contributed by atoms with Crippen molar-refractivity contribution in [2.45, 2.75) is 12.8 Å². The fourth-order valence-corrected chi connectivity index (χ4v) is 2.11. The number of hydrogen-bond donors (Lipinski definition) is 1. The van der Waals surface area contributed by atoms with E-state index in [0.29, 0.717) is 39.1 Å². The molecule has 2 atom stereocenters. The van der Waals surface area contributed by atoms with E-state index in [2.05, 4.69) is 0 Å². The lowest BCUT2D eigenvalue weighted by Gasteiger charge is -2.37. The molecule has 1 N–H and O–H groups in total. The zero-order valence-electron chi connectivity index (χ0n) is 8.52. The molecule has 0 aromatic heterocycles. The maximum atomic E-state index is 11.9. The highest BCUT2D eigenvalue weighted by atomic mass is 16.5. The summed E-state index contributed by atoms with van der Waals surface area (Å²) in [6.07, 6.45) is 1.35. The van der Waals surface area contributed by atoms with Crippen LogP contribution in [0.4, 0.5) is 0 Å². The van der Waals surface area contributed by atoms with Gasteiger partial charge < -0.3 is 14.7 Å². The van der Waals surface area contributed by atoms with Crippen molar-refractivity contribution in [3.63, 3.8) is 0 Å². The SMILES string of the molecule is O=C(O)C1CCC1C(=O)N1CCOCC1. The largest absolute Gasteiger partial charge is 0.481 e. The van der Waals surface area contributed by atoms with Gasteiger partial charge in [0.05, 0.1) is 25.0 Å². The topological polar surface area (TPSA) is 66.8 Å². The van der Waals surface area contributed by atoms with Gasteiger partial charge in [-0.2, -0.15) is 0 Å². The number of ether oxygens (including phenoxy) is 1.